The van der Waals surface area contributed by atoms with E-state index >= 15 is 0 Å². The molecule has 0 bridgehead atoms. The van der Waals surface area contributed by atoms with Gasteiger partial charge in [0.2, 0.25) is 0 Å². The van der Waals surface area contributed by atoms with Gasteiger partial charge in [0.15, 0.2) is 0 Å². The average Bonchev–Trinajstić information content (AvgIpc) is 3.06. The number of benzene rings is 2. The van der Waals surface area contributed by atoms with E-state index in [0.717, 1.165) is 37.8 Å². The van der Waals surface area contributed by atoms with E-state index in [1.54, 1.807) is 25.2 Å². The number of methoxy groups -OCH3 is 1. The number of nitrogens with zero attached hydrogens (tertiary/aromatic N) is 2. The highest BCUT2D eigenvalue weighted by atomic mass is 32.2. The lowest BCUT2D eigenvalue weighted by molar-refractivity contribution is 0.414. The summed E-state index contributed by atoms with van der Waals surface area (Å²) in [4.78, 5) is 14.4. The van der Waals surface area contributed by atoms with Crippen molar-refractivity contribution in [2.45, 2.75) is 9.79 Å². The summed E-state index contributed by atoms with van der Waals surface area (Å²) >= 11 is 1.68. The number of fused-ring (bicyclic) bond motifs is 1. The molecule has 4 rings (SSSR count). The topological polar surface area (TPSA) is 50.8 Å². The standard InChI is InChI=1S/C19H15N3OS/c1-23-14-7-9-15(10-8-14)24-16-11-20-19-17(16)18(21-12-22-19)13-5-3-2-4-6-13/h2-12H,1H3,(H,20,21,22). The summed E-state index contributed by atoms with van der Waals surface area (Å²) in [6.07, 6.45) is 3.59. The monoisotopic (exact) mass is 333 g/mol. The molecule has 0 aliphatic heterocycles. The van der Waals surface area contributed by atoms with Crippen molar-refractivity contribution in [2.24, 2.45) is 0 Å². The summed E-state index contributed by atoms with van der Waals surface area (Å²) in [5.74, 6) is 0.853. The van der Waals surface area contributed by atoms with Crippen molar-refractivity contribution in [3.8, 4) is 17.0 Å². The number of nitrogens with one attached hydrogen (secondary N) is 1. The van der Waals surface area contributed by atoms with E-state index in [4.69, 9.17) is 4.74 Å². The van der Waals surface area contributed by atoms with Crippen LogP contribution < -0.4 is 4.74 Å². The van der Waals surface area contributed by atoms with Gasteiger partial charge in [-0.1, -0.05) is 42.1 Å². The molecule has 4 aromatic rings. The predicted octanol–water partition coefficient (Wildman–Crippen LogP) is 4.78. The van der Waals surface area contributed by atoms with Crippen LogP contribution in [0.3, 0.4) is 0 Å². The minimum atomic E-state index is 0.847. The summed E-state index contributed by atoms with van der Waals surface area (Å²) < 4.78 is 5.22. The van der Waals surface area contributed by atoms with E-state index < -0.39 is 0 Å². The maximum atomic E-state index is 5.22. The molecule has 0 unspecified atom stereocenters. The highest BCUT2D eigenvalue weighted by molar-refractivity contribution is 7.99. The molecule has 0 fully saturated rings. The number of rotatable bonds is 4. The zero-order chi connectivity index (χ0) is 16.4. The molecule has 0 saturated carbocycles. The zero-order valence-electron chi connectivity index (χ0n) is 13.1. The number of aromatic nitrogens is 3. The molecular formula is C19H15N3OS. The Morgan fingerprint density at radius 2 is 1.75 bits per heavy atom. The molecule has 0 spiro atoms. The fraction of sp³-hybridized carbons (Fsp3) is 0.0526. The molecule has 0 atom stereocenters. The van der Waals surface area contributed by atoms with Crippen LogP contribution in [0.1, 0.15) is 0 Å². The first-order valence-corrected chi connectivity index (χ1v) is 8.36. The second-order valence-electron chi connectivity index (χ2n) is 5.24. The SMILES string of the molecule is COc1ccc(Sc2c[nH]c3ncnc(-c4ccccc4)c23)cc1. The molecule has 118 valence electrons. The molecule has 0 saturated heterocycles. The minimum absolute atomic E-state index is 0.847. The molecule has 2 heterocycles. The number of H-pyrrole nitrogens is 1. The first-order valence-electron chi connectivity index (χ1n) is 7.54. The molecule has 5 heteroatoms. The van der Waals surface area contributed by atoms with Gasteiger partial charge in [0, 0.05) is 21.6 Å². The molecule has 2 aromatic heterocycles. The predicted molar refractivity (Wildman–Crippen MR) is 96.4 cm³/mol. The first-order chi connectivity index (χ1) is 11.8. The molecule has 1 N–H and O–H groups in total. The Balaban J connectivity index is 1.78. The van der Waals surface area contributed by atoms with E-state index in [9.17, 15) is 0 Å². The van der Waals surface area contributed by atoms with Crippen molar-refractivity contribution < 1.29 is 4.74 Å². The van der Waals surface area contributed by atoms with Gasteiger partial charge < -0.3 is 9.72 Å². The van der Waals surface area contributed by atoms with Crippen LogP contribution in [0.2, 0.25) is 0 Å². The van der Waals surface area contributed by atoms with Crippen molar-refractivity contribution >= 4 is 22.8 Å². The quantitative estimate of drug-likeness (QED) is 0.584. The second-order valence-corrected chi connectivity index (χ2v) is 6.36. The van der Waals surface area contributed by atoms with Crippen LogP contribution >= 0.6 is 11.8 Å². The molecule has 0 aliphatic carbocycles. The van der Waals surface area contributed by atoms with Gasteiger partial charge in [-0.3, -0.25) is 0 Å². The molecule has 0 aliphatic rings. The third-order valence-corrected chi connectivity index (χ3v) is 4.82. The van der Waals surface area contributed by atoms with Crippen LogP contribution in [-0.2, 0) is 0 Å². The Labute approximate surface area is 143 Å². The van der Waals surface area contributed by atoms with Crippen molar-refractivity contribution in [1.82, 2.24) is 15.0 Å². The normalized spacial score (nSPS) is 10.9. The molecule has 2 aromatic carbocycles. The largest absolute Gasteiger partial charge is 0.497 e. The van der Waals surface area contributed by atoms with Gasteiger partial charge in [0.25, 0.3) is 0 Å². The molecule has 0 amide bonds. The van der Waals surface area contributed by atoms with Gasteiger partial charge in [-0.15, -0.1) is 0 Å². The highest BCUT2D eigenvalue weighted by Gasteiger charge is 2.13. The van der Waals surface area contributed by atoms with Crippen LogP contribution in [0.15, 0.2) is 76.9 Å². The Bertz CT molecular complexity index is 965. The lowest BCUT2D eigenvalue weighted by Crippen LogP contribution is -1.88. The van der Waals surface area contributed by atoms with Crippen LogP contribution in [-0.4, -0.2) is 22.1 Å². The van der Waals surface area contributed by atoms with E-state index in [1.165, 1.54) is 0 Å². The molecule has 0 radical (unpaired) electrons. The summed E-state index contributed by atoms with van der Waals surface area (Å²) in [5, 5.41) is 1.05. The second kappa shape index (κ2) is 6.37. The van der Waals surface area contributed by atoms with Crippen LogP contribution in [0.4, 0.5) is 0 Å². The maximum Gasteiger partial charge on any atom is 0.142 e. The third-order valence-electron chi connectivity index (χ3n) is 3.77. The van der Waals surface area contributed by atoms with Crippen molar-refractivity contribution in [2.75, 3.05) is 7.11 Å². The number of hydrogen-bond acceptors (Lipinski definition) is 4. The van der Waals surface area contributed by atoms with Gasteiger partial charge in [0.05, 0.1) is 18.2 Å². The Kier molecular flexibility index (Phi) is 3.92. The number of aromatic amines is 1. The van der Waals surface area contributed by atoms with Crippen molar-refractivity contribution in [3.05, 3.63) is 67.1 Å². The van der Waals surface area contributed by atoms with Crippen LogP contribution in [0, 0.1) is 0 Å². The molecule has 24 heavy (non-hydrogen) atoms. The third kappa shape index (κ3) is 2.74. The lowest BCUT2D eigenvalue weighted by Gasteiger charge is -2.06. The lowest BCUT2D eigenvalue weighted by atomic mass is 10.1. The van der Waals surface area contributed by atoms with Gasteiger partial charge in [-0.25, -0.2) is 9.97 Å². The van der Waals surface area contributed by atoms with Gasteiger partial charge in [0.1, 0.15) is 17.7 Å². The number of ether oxygens (including phenoxy) is 1. The van der Waals surface area contributed by atoms with E-state index in [2.05, 4.69) is 27.1 Å². The van der Waals surface area contributed by atoms with E-state index in [1.807, 2.05) is 48.7 Å². The van der Waals surface area contributed by atoms with Crippen LogP contribution in [0.5, 0.6) is 5.75 Å². The summed E-state index contributed by atoms with van der Waals surface area (Å²) in [6.45, 7) is 0. The summed E-state index contributed by atoms with van der Waals surface area (Å²) in [6, 6.07) is 18.2. The van der Waals surface area contributed by atoms with Crippen LogP contribution in [0.25, 0.3) is 22.3 Å². The Morgan fingerprint density at radius 3 is 2.50 bits per heavy atom. The van der Waals surface area contributed by atoms with Crippen molar-refractivity contribution in [3.63, 3.8) is 0 Å². The first kappa shape index (κ1) is 14.8. The number of hydrogen-bond donors (Lipinski definition) is 1. The average molecular weight is 333 g/mol. The van der Waals surface area contributed by atoms with Crippen molar-refractivity contribution in [1.29, 1.82) is 0 Å². The smallest absolute Gasteiger partial charge is 0.142 e. The van der Waals surface area contributed by atoms with Gasteiger partial charge in [-0.2, -0.15) is 0 Å². The van der Waals surface area contributed by atoms with E-state index in [-0.39, 0.29) is 0 Å². The Hall–Kier alpha value is -2.79. The zero-order valence-corrected chi connectivity index (χ0v) is 13.9. The Morgan fingerprint density at radius 1 is 0.958 bits per heavy atom. The summed E-state index contributed by atoms with van der Waals surface area (Å²) in [5.41, 5.74) is 2.87. The molecule has 4 nitrogen and oxygen atoms in total. The molecular weight excluding hydrogens is 318 g/mol. The van der Waals surface area contributed by atoms with Gasteiger partial charge in [-0.05, 0) is 24.3 Å². The fourth-order valence-electron chi connectivity index (χ4n) is 2.60. The highest BCUT2D eigenvalue weighted by Crippen LogP contribution is 2.37. The van der Waals surface area contributed by atoms with E-state index in [0.29, 0.717) is 0 Å². The summed E-state index contributed by atoms with van der Waals surface area (Å²) in [7, 11) is 1.67. The fourth-order valence-corrected chi connectivity index (χ4v) is 3.54. The van der Waals surface area contributed by atoms with Gasteiger partial charge >= 0.3 is 0 Å². The maximum absolute atomic E-state index is 5.22. The minimum Gasteiger partial charge on any atom is -0.497 e.